The normalized spacial score (nSPS) is 18.8. The van der Waals surface area contributed by atoms with Crippen LogP contribution in [0.2, 0.25) is 0 Å². The van der Waals surface area contributed by atoms with E-state index in [1.54, 1.807) is 11.8 Å². The summed E-state index contributed by atoms with van der Waals surface area (Å²) in [6, 6.07) is 7.67. The number of rotatable bonds is 4. The van der Waals surface area contributed by atoms with Gasteiger partial charge in [0.1, 0.15) is 4.99 Å². The smallest absolute Gasteiger partial charge is 0.233 e. The van der Waals surface area contributed by atoms with Gasteiger partial charge in [-0.3, -0.25) is 4.79 Å². The molecule has 1 unspecified atom stereocenters. The average molecular weight is 294 g/mol. The molecule has 1 aromatic rings. The second-order valence-corrected chi connectivity index (χ2v) is 6.38. The minimum absolute atomic E-state index is 0.129. The standard InChI is InChI=1S/C14H18N2OS2/c15-13(18)11-6-4-10(5-7-11)9-16-14(17)12-3-1-2-8-19-12/h4-7,12H,1-3,8-9H2,(H2,15,18)(H,16,17). The van der Waals surface area contributed by atoms with Crippen LogP contribution in [-0.4, -0.2) is 21.9 Å². The van der Waals surface area contributed by atoms with Crippen molar-refractivity contribution < 1.29 is 4.79 Å². The second kappa shape index (κ2) is 6.91. The Bertz CT molecular complexity index is 453. The molecule has 0 saturated carbocycles. The molecule has 0 spiro atoms. The lowest BCUT2D eigenvalue weighted by atomic mass is 10.1. The van der Waals surface area contributed by atoms with Gasteiger partial charge < -0.3 is 11.1 Å². The van der Waals surface area contributed by atoms with Crippen molar-refractivity contribution in [3.63, 3.8) is 0 Å². The van der Waals surface area contributed by atoms with E-state index < -0.39 is 0 Å². The van der Waals surface area contributed by atoms with Gasteiger partial charge in [-0.05, 0) is 24.2 Å². The van der Waals surface area contributed by atoms with Crippen molar-refractivity contribution in [2.24, 2.45) is 5.73 Å². The number of amides is 1. The molecule has 5 heteroatoms. The third kappa shape index (κ3) is 4.21. The van der Waals surface area contributed by atoms with Crippen LogP contribution in [-0.2, 0) is 11.3 Å². The van der Waals surface area contributed by atoms with Crippen molar-refractivity contribution in [2.45, 2.75) is 31.1 Å². The zero-order valence-corrected chi connectivity index (χ0v) is 12.4. The van der Waals surface area contributed by atoms with Crippen LogP contribution >= 0.6 is 24.0 Å². The fourth-order valence-corrected chi connectivity index (χ4v) is 3.40. The lowest BCUT2D eigenvalue weighted by molar-refractivity contribution is -0.120. The summed E-state index contributed by atoms with van der Waals surface area (Å²) in [7, 11) is 0. The van der Waals surface area contributed by atoms with Crippen LogP contribution in [0.3, 0.4) is 0 Å². The second-order valence-electron chi connectivity index (χ2n) is 4.63. The largest absolute Gasteiger partial charge is 0.389 e. The third-order valence-corrected chi connectivity index (χ3v) is 4.79. The van der Waals surface area contributed by atoms with Crippen molar-refractivity contribution in [1.82, 2.24) is 5.32 Å². The molecule has 1 heterocycles. The topological polar surface area (TPSA) is 55.1 Å². The Labute approximate surface area is 123 Å². The van der Waals surface area contributed by atoms with E-state index in [-0.39, 0.29) is 11.2 Å². The number of carbonyl (C=O) groups is 1. The fraction of sp³-hybridized carbons (Fsp3) is 0.429. The van der Waals surface area contributed by atoms with Crippen LogP contribution < -0.4 is 11.1 Å². The first-order valence-corrected chi connectivity index (χ1v) is 7.90. The molecule has 1 fully saturated rings. The van der Waals surface area contributed by atoms with Gasteiger partial charge in [0.15, 0.2) is 0 Å². The molecular weight excluding hydrogens is 276 g/mol. The molecule has 1 aromatic carbocycles. The number of thioether (sulfide) groups is 1. The Morgan fingerprint density at radius 1 is 1.37 bits per heavy atom. The van der Waals surface area contributed by atoms with Gasteiger partial charge in [-0.2, -0.15) is 0 Å². The lowest BCUT2D eigenvalue weighted by Crippen LogP contribution is -2.33. The molecule has 2 rings (SSSR count). The van der Waals surface area contributed by atoms with E-state index in [0.29, 0.717) is 11.5 Å². The molecule has 1 saturated heterocycles. The van der Waals surface area contributed by atoms with Crippen molar-refractivity contribution in [1.29, 1.82) is 0 Å². The van der Waals surface area contributed by atoms with Crippen LogP contribution in [0.1, 0.15) is 30.4 Å². The highest BCUT2D eigenvalue weighted by Crippen LogP contribution is 2.25. The maximum Gasteiger partial charge on any atom is 0.233 e. The van der Waals surface area contributed by atoms with Gasteiger partial charge in [-0.15, -0.1) is 11.8 Å². The van der Waals surface area contributed by atoms with Gasteiger partial charge in [-0.1, -0.05) is 42.9 Å². The Morgan fingerprint density at radius 2 is 2.11 bits per heavy atom. The van der Waals surface area contributed by atoms with Crippen LogP contribution in [0, 0.1) is 0 Å². The number of thiocarbonyl (C=S) groups is 1. The van der Waals surface area contributed by atoms with Crippen molar-refractivity contribution in [3.05, 3.63) is 35.4 Å². The Hall–Kier alpha value is -1.07. The van der Waals surface area contributed by atoms with Gasteiger partial charge in [0.25, 0.3) is 0 Å². The minimum Gasteiger partial charge on any atom is -0.389 e. The Morgan fingerprint density at radius 3 is 2.68 bits per heavy atom. The molecule has 3 N–H and O–H groups in total. The van der Waals surface area contributed by atoms with Gasteiger partial charge in [0.2, 0.25) is 5.91 Å². The van der Waals surface area contributed by atoms with E-state index >= 15 is 0 Å². The molecule has 0 bridgehead atoms. The number of carbonyl (C=O) groups excluding carboxylic acids is 1. The van der Waals surface area contributed by atoms with E-state index in [0.717, 1.165) is 29.7 Å². The van der Waals surface area contributed by atoms with Crippen molar-refractivity contribution in [2.75, 3.05) is 5.75 Å². The highest BCUT2D eigenvalue weighted by molar-refractivity contribution is 8.00. The minimum atomic E-state index is 0.129. The molecule has 0 aliphatic carbocycles. The average Bonchev–Trinajstić information content (AvgIpc) is 2.46. The first-order valence-electron chi connectivity index (χ1n) is 6.45. The van der Waals surface area contributed by atoms with Crippen LogP contribution in [0.15, 0.2) is 24.3 Å². The molecule has 19 heavy (non-hydrogen) atoms. The number of hydrogen-bond donors (Lipinski definition) is 2. The quantitative estimate of drug-likeness (QED) is 0.836. The van der Waals surface area contributed by atoms with E-state index in [4.69, 9.17) is 18.0 Å². The summed E-state index contributed by atoms with van der Waals surface area (Å²) in [6.07, 6.45) is 3.39. The van der Waals surface area contributed by atoms with Crippen LogP contribution in [0.4, 0.5) is 0 Å². The van der Waals surface area contributed by atoms with Gasteiger partial charge in [-0.25, -0.2) is 0 Å². The first kappa shape index (κ1) is 14.3. The Kier molecular flexibility index (Phi) is 5.22. The number of benzene rings is 1. The summed E-state index contributed by atoms with van der Waals surface area (Å²) in [4.78, 5) is 12.4. The summed E-state index contributed by atoms with van der Waals surface area (Å²) < 4.78 is 0. The monoisotopic (exact) mass is 294 g/mol. The molecular formula is C14H18N2OS2. The molecule has 0 aromatic heterocycles. The number of nitrogens with one attached hydrogen (secondary N) is 1. The van der Waals surface area contributed by atoms with E-state index in [9.17, 15) is 4.79 Å². The van der Waals surface area contributed by atoms with Gasteiger partial charge in [0, 0.05) is 12.1 Å². The van der Waals surface area contributed by atoms with Gasteiger partial charge in [0.05, 0.1) is 5.25 Å². The van der Waals surface area contributed by atoms with E-state index in [1.165, 1.54) is 6.42 Å². The first-order chi connectivity index (χ1) is 9.16. The maximum absolute atomic E-state index is 12.0. The molecule has 1 atom stereocenters. The van der Waals surface area contributed by atoms with Crippen molar-refractivity contribution >= 4 is 34.9 Å². The molecule has 1 amide bonds. The molecule has 1 aliphatic rings. The summed E-state index contributed by atoms with van der Waals surface area (Å²) in [5.41, 5.74) is 7.46. The van der Waals surface area contributed by atoms with E-state index in [1.807, 2.05) is 24.3 Å². The van der Waals surface area contributed by atoms with Crippen LogP contribution in [0.5, 0.6) is 0 Å². The fourth-order valence-electron chi connectivity index (χ4n) is 2.04. The summed E-state index contributed by atoms with van der Waals surface area (Å²) in [6.45, 7) is 0.563. The number of nitrogens with two attached hydrogens (primary N) is 1. The molecule has 102 valence electrons. The van der Waals surface area contributed by atoms with Gasteiger partial charge >= 0.3 is 0 Å². The zero-order chi connectivity index (χ0) is 13.7. The SMILES string of the molecule is NC(=S)c1ccc(CNC(=O)C2CCCCS2)cc1. The number of hydrogen-bond acceptors (Lipinski definition) is 3. The molecule has 1 aliphatic heterocycles. The highest BCUT2D eigenvalue weighted by atomic mass is 32.2. The molecule has 3 nitrogen and oxygen atoms in total. The summed E-state index contributed by atoms with van der Waals surface area (Å²) in [5, 5.41) is 3.12. The van der Waals surface area contributed by atoms with E-state index in [2.05, 4.69) is 5.32 Å². The lowest BCUT2D eigenvalue weighted by Gasteiger charge is -2.20. The summed E-state index contributed by atoms with van der Waals surface area (Å²) >= 11 is 6.67. The summed E-state index contributed by atoms with van der Waals surface area (Å²) in [5.74, 6) is 1.25. The van der Waals surface area contributed by atoms with Crippen molar-refractivity contribution in [3.8, 4) is 0 Å². The predicted molar refractivity (Wildman–Crippen MR) is 84.3 cm³/mol. The zero-order valence-electron chi connectivity index (χ0n) is 10.7. The third-order valence-electron chi connectivity index (χ3n) is 3.18. The maximum atomic E-state index is 12.0. The predicted octanol–water partition coefficient (Wildman–Crippen LogP) is 2.22. The Balaban J connectivity index is 1.84. The van der Waals surface area contributed by atoms with Crippen LogP contribution in [0.25, 0.3) is 0 Å². The molecule has 0 radical (unpaired) electrons. The highest BCUT2D eigenvalue weighted by Gasteiger charge is 2.21.